The first-order chi connectivity index (χ1) is 7.95. The standard InChI is InChI=1S/C14H17NO/c1-2-4-7-11-12(8-5-3-1)16-13-9-6-10-15-14(11)13/h6,9-10H,1-5,7-8H2. The molecule has 1 aliphatic carbocycles. The summed E-state index contributed by atoms with van der Waals surface area (Å²) >= 11 is 0. The third kappa shape index (κ3) is 1.73. The van der Waals surface area contributed by atoms with Gasteiger partial charge in [0.25, 0.3) is 0 Å². The first kappa shape index (κ1) is 9.88. The van der Waals surface area contributed by atoms with Gasteiger partial charge in [0.15, 0.2) is 5.58 Å². The van der Waals surface area contributed by atoms with Crippen molar-refractivity contribution in [2.24, 2.45) is 0 Å². The predicted octanol–water partition coefficient (Wildman–Crippen LogP) is 3.88. The maximum absolute atomic E-state index is 5.92. The summed E-state index contributed by atoms with van der Waals surface area (Å²) in [4.78, 5) is 4.46. The summed E-state index contributed by atoms with van der Waals surface area (Å²) in [5.74, 6) is 1.19. The van der Waals surface area contributed by atoms with E-state index in [2.05, 4.69) is 4.98 Å². The normalized spacial score (nSPS) is 17.5. The Balaban J connectivity index is 2.07. The SMILES string of the molecule is c1cnc2c3c(oc2c1)CCCCCCC3. The Kier molecular flexibility index (Phi) is 2.65. The topological polar surface area (TPSA) is 26.0 Å². The van der Waals surface area contributed by atoms with Crippen LogP contribution in [0.15, 0.2) is 22.7 Å². The number of aryl methyl sites for hydroxylation is 2. The summed E-state index contributed by atoms with van der Waals surface area (Å²) in [5, 5.41) is 0. The fourth-order valence-corrected chi connectivity index (χ4v) is 2.60. The van der Waals surface area contributed by atoms with Crippen molar-refractivity contribution < 1.29 is 4.42 Å². The zero-order valence-electron chi connectivity index (χ0n) is 9.54. The Morgan fingerprint density at radius 2 is 1.81 bits per heavy atom. The molecule has 0 amide bonds. The van der Waals surface area contributed by atoms with Gasteiger partial charge in [0.2, 0.25) is 0 Å². The summed E-state index contributed by atoms with van der Waals surface area (Å²) < 4.78 is 5.92. The molecule has 0 saturated carbocycles. The lowest BCUT2D eigenvalue weighted by atomic mass is 10.1. The summed E-state index contributed by atoms with van der Waals surface area (Å²) in [7, 11) is 0. The van der Waals surface area contributed by atoms with Gasteiger partial charge in [0.05, 0.1) is 0 Å². The molecule has 84 valence electrons. The highest BCUT2D eigenvalue weighted by Gasteiger charge is 2.15. The van der Waals surface area contributed by atoms with E-state index < -0.39 is 0 Å². The minimum Gasteiger partial charge on any atom is -0.459 e. The van der Waals surface area contributed by atoms with Crippen LogP contribution in [0.3, 0.4) is 0 Å². The van der Waals surface area contributed by atoms with Crippen molar-refractivity contribution in [3.63, 3.8) is 0 Å². The minimum atomic E-state index is 0.966. The first-order valence-corrected chi connectivity index (χ1v) is 6.30. The van der Waals surface area contributed by atoms with Crippen molar-refractivity contribution in [1.29, 1.82) is 0 Å². The van der Waals surface area contributed by atoms with Crippen LogP contribution >= 0.6 is 0 Å². The van der Waals surface area contributed by atoms with Gasteiger partial charge in [-0.05, 0) is 31.4 Å². The van der Waals surface area contributed by atoms with Crippen LogP contribution in [0.1, 0.15) is 43.4 Å². The molecule has 0 aliphatic heterocycles. The zero-order chi connectivity index (χ0) is 10.8. The van der Waals surface area contributed by atoms with E-state index in [0.29, 0.717) is 0 Å². The van der Waals surface area contributed by atoms with Crippen molar-refractivity contribution in [2.45, 2.75) is 44.9 Å². The molecule has 0 N–H and O–H groups in total. The highest BCUT2D eigenvalue weighted by atomic mass is 16.3. The fourth-order valence-electron chi connectivity index (χ4n) is 2.60. The Morgan fingerprint density at radius 1 is 1.00 bits per heavy atom. The second kappa shape index (κ2) is 4.28. The second-order valence-electron chi connectivity index (χ2n) is 4.62. The van der Waals surface area contributed by atoms with Gasteiger partial charge in [-0.15, -0.1) is 0 Å². The van der Waals surface area contributed by atoms with Gasteiger partial charge in [-0.1, -0.05) is 19.3 Å². The monoisotopic (exact) mass is 215 g/mol. The average Bonchev–Trinajstić information content (AvgIpc) is 2.69. The molecule has 2 heterocycles. The van der Waals surface area contributed by atoms with Crippen LogP contribution in [-0.2, 0) is 12.8 Å². The van der Waals surface area contributed by atoms with E-state index >= 15 is 0 Å². The summed E-state index contributed by atoms with van der Waals surface area (Å²) in [6.45, 7) is 0. The fraction of sp³-hybridized carbons (Fsp3) is 0.500. The number of furan rings is 1. The van der Waals surface area contributed by atoms with E-state index in [0.717, 1.165) is 23.9 Å². The van der Waals surface area contributed by atoms with Crippen LogP contribution in [0.4, 0.5) is 0 Å². The van der Waals surface area contributed by atoms with E-state index in [4.69, 9.17) is 4.42 Å². The van der Waals surface area contributed by atoms with E-state index in [1.54, 1.807) is 0 Å². The molecule has 1 aliphatic rings. The zero-order valence-corrected chi connectivity index (χ0v) is 9.54. The molecule has 0 unspecified atom stereocenters. The van der Waals surface area contributed by atoms with Crippen molar-refractivity contribution in [2.75, 3.05) is 0 Å². The van der Waals surface area contributed by atoms with E-state index in [-0.39, 0.29) is 0 Å². The van der Waals surface area contributed by atoms with Gasteiger partial charge in [-0.3, -0.25) is 4.98 Å². The summed E-state index contributed by atoms with van der Waals surface area (Å²) in [5.41, 5.74) is 3.44. The average molecular weight is 215 g/mol. The Morgan fingerprint density at radius 3 is 2.75 bits per heavy atom. The van der Waals surface area contributed by atoms with Crippen molar-refractivity contribution in [3.05, 3.63) is 29.7 Å². The van der Waals surface area contributed by atoms with Crippen molar-refractivity contribution >= 4 is 11.1 Å². The number of hydrogen-bond donors (Lipinski definition) is 0. The van der Waals surface area contributed by atoms with E-state index in [1.165, 1.54) is 43.4 Å². The minimum absolute atomic E-state index is 0.966. The Bertz CT molecular complexity index is 486. The summed E-state index contributed by atoms with van der Waals surface area (Å²) in [6.07, 6.45) is 10.7. The van der Waals surface area contributed by atoms with E-state index in [9.17, 15) is 0 Å². The lowest BCUT2D eigenvalue weighted by molar-refractivity contribution is 0.527. The van der Waals surface area contributed by atoms with Gasteiger partial charge < -0.3 is 4.42 Å². The van der Waals surface area contributed by atoms with Gasteiger partial charge in [0.1, 0.15) is 11.3 Å². The number of fused-ring (bicyclic) bond motifs is 3. The third-order valence-electron chi connectivity index (χ3n) is 3.46. The van der Waals surface area contributed by atoms with Crippen molar-refractivity contribution in [3.8, 4) is 0 Å². The molecule has 2 nitrogen and oxygen atoms in total. The van der Waals surface area contributed by atoms with Gasteiger partial charge in [-0.2, -0.15) is 0 Å². The maximum Gasteiger partial charge on any atom is 0.153 e. The lowest BCUT2D eigenvalue weighted by Gasteiger charge is -1.98. The van der Waals surface area contributed by atoms with Crippen LogP contribution in [0.25, 0.3) is 11.1 Å². The summed E-state index contributed by atoms with van der Waals surface area (Å²) in [6, 6.07) is 3.98. The Hall–Kier alpha value is -1.31. The van der Waals surface area contributed by atoms with Crippen molar-refractivity contribution in [1.82, 2.24) is 4.98 Å². The highest BCUT2D eigenvalue weighted by Crippen LogP contribution is 2.28. The molecule has 2 heteroatoms. The molecule has 2 aromatic heterocycles. The molecule has 0 saturated heterocycles. The molecule has 0 spiro atoms. The molecule has 16 heavy (non-hydrogen) atoms. The second-order valence-corrected chi connectivity index (χ2v) is 4.62. The molecule has 0 radical (unpaired) electrons. The molecule has 0 aromatic carbocycles. The Labute approximate surface area is 95.7 Å². The van der Waals surface area contributed by atoms with Crippen LogP contribution in [0, 0.1) is 0 Å². The van der Waals surface area contributed by atoms with Gasteiger partial charge in [0, 0.05) is 18.2 Å². The lowest BCUT2D eigenvalue weighted by Crippen LogP contribution is -1.89. The number of hydrogen-bond acceptors (Lipinski definition) is 2. The third-order valence-corrected chi connectivity index (χ3v) is 3.46. The smallest absolute Gasteiger partial charge is 0.153 e. The maximum atomic E-state index is 5.92. The number of aromatic nitrogens is 1. The molecule has 0 atom stereocenters. The molecule has 0 bridgehead atoms. The molecule has 0 fully saturated rings. The predicted molar refractivity (Wildman–Crippen MR) is 64.5 cm³/mol. The van der Waals surface area contributed by atoms with Gasteiger partial charge in [-0.25, -0.2) is 0 Å². The molecule has 2 aromatic rings. The molecular weight excluding hydrogens is 198 g/mol. The molecule has 3 rings (SSSR count). The first-order valence-electron chi connectivity index (χ1n) is 6.30. The quantitative estimate of drug-likeness (QED) is 0.666. The number of pyridine rings is 1. The number of rotatable bonds is 0. The highest BCUT2D eigenvalue weighted by molar-refractivity contribution is 5.77. The van der Waals surface area contributed by atoms with Crippen LogP contribution in [0.2, 0.25) is 0 Å². The van der Waals surface area contributed by atoms with E-state index in [1.807, 2.05) is 18.3 Å². The number of nitrogens with zero attached hydrogens (tertiary/aromatic N) is 1. The van der Waals surface area contributed by atoms with Gasteiger partial charge >= 0.3 is 0 Å². The molecular formula is C14H17NO. The van der Waals surface area contributed by atoms with Crippen LogP contribution in [0.5, 0.6) is 0 Å². The van der Waals surface area contributed by atoms with Crippen LogP contribution in [-0.4, -0.2) is 4.98 Å². The van der Waals surface area contributed by atoms with Crippen LogP contribution < -0.4 is 0 Å². The largest absolute Gasteiger partial charge is 0.459 e.